The second-order valence-electron chi connectivity index (χ2n) is 6.59. The van der Waals surface area contributed by atoms with E-state index in [1.807, 2.05) is 6.07 Å². The fourth-order valence-electron chi connectivity index (χ4n) is 2.71. The molecule has 3 aromatic rings. The number of nitrogens with zero attached hydrogens (tertiary/aromatic N) is 1. The average Bonchev–Trinajstić information content (AvgIpc) is 2.75. The van der Waals surface area contributed by atoms with Gasteiger partial charge in [0.25, 0.3) is 0 Å². The number of nitrogens with one attached hydrogen (secondary N) is 2. The Balaban J connectivity index is 1.46. The number of rotatable bonds is 8. The third-order valence-corrected chi connectivity index (χ3v) is 4.95. The standard InChI is InChI=1S/C22H19BrF3N3O3/c23-20-8-7-19(32-22(24,25)26)12-16(20)9-11-31-18-5-3-17(4-6-18)29-21(30)28-14-15-2-1-10-27-13-15/h1-8,10,12-13H,9,11,14H2,(H2,28,29,30). The van der Waals surface area contributed by atoms with Crippen molar-refractivity contribution < 1.29 is 27.4 Å². The summed E-state index contributed by atoms with van der Waals surface area (Å²) in [6, 6.07) is 14.1. The monoisotopic (exact) mass is 509 g/mol. The predicted molar refractivity (Wildman–Crippen MR) is 117 cm³/mol. The second kappa shape index (κ2) is 10.9. The number of urea groups is 1. The van der Waals surface area contributed by atoms with Crippen molar-refractivity contribution in [1.29, 1.82) is 0 Å². The van der Waals surface area contributed by atoms with Crippen LogP contribution in [0.25, 0.3) is 0 Å². The first-order valence-electron chi connectivity index (χ1n) is 9.49. The largest absolute Gasteiger partial charge is 0.573 e. The van der Waals surface area contributed by atoms with Crippen molar-refractivity contribution in [2.75, 3.05) is 11.9 Å². The fraction of sp³-hybridized carbons (Fsp3) is 0.182. The SMILES string of the molecule is O=C(NCc1cccnc1)Nc1ccc(OCCc2cc(OC(F)(F)F)ccc2Br)cc1. The molecule has 1 aromatic heterocycles. The van der Waals surface area contributed by atoms with E-state index in [1.54, 1.807) is 42.7 Å². The summed E-state index contributed by atoms with van der Waals surface area (Å²) in [6.07, 6.45) is -1.05. The zero-order valence-corrected chi connectivity index (χ0v) is 18.2. The summed E-state index contributed by atoms with van der Waals surface area (Å²) in [4.78, 5) is 16.0. The molecule has 0 saturated carbocycles. The van der Waals surface area contributed by atoms with Gasteiger partial charge in [-0.3, -0.25) is 4.98 Å². The molecular formula is C22H19BrF3N3O3. The minimum Gasteiger partial charge on any atom is -0.493 e. The summed E-state index contributed by atoms with van der Waals surface area (Å²) < 4.78 is 47.4. The Bertz CT molecular complexity index is 1030. The number of halogens is 4. The average molecular weight is 510 g/mol. The van der Waals surface area contributed by atoms with Crippen LogP contribution in [0.3, 0.4) is 0 Å². The molecule has 0 aliphatic carbocycles. The molecule has 168 valence electrons. The Labute approximate surface area is 190 Å². The van der Waals surface area contributed by atoms with Gasteiger partial charge in [0.1, 0.15) is 11.5 Å². The van der Waals surface area contributed by atoms with Crippen LogP contribution in [-0.4, -0.2) is 24.0 Å². The molecule has 0 spiro atoms. The van der Waals surface area contributed by atoms with E-state index in [0.29, 0.717) is 34.4 Å². The van der Waals surface area contributed by atoms with Crippen molar-refractivity contribution in [3.05, 3.63) is 82.6 Å². The number of hydrogen-bond acceptors (Lipinski definition) is 4. The van der Waals surface area contributed by atoms with Crippen LogP contribution in [0, 0.1) is 0 Å². The molecule has 0 aliphatic rings. The Kier molecular flexibility index (Phi) is 7.93. The van der Waals surface area contributed by atoms with Gasteiger partial charge in [0.05, 0.1) is 6.61 Å². The van der Waals surface area contributed by atoms with Crippen LogP contribution < -0.4 is 20.1 Å². The Morgan fingerprint density at radius 2 is 1.81 bits per heavy atom. The van der Waals surface area contributed by atoms with Crippen molar-refractivity contribution in [3.8, 4) is 11.5 Å². The minimum atomic E-state index is -4.74. The highest BCUT2D eigenvalue weighted by atomic mass is 79.9. The van der Waals surface area contributed by atoms with E-state index >= 15 is 0 Å². The zero-order chi connectivity index (χ0) is 23.0. The van der Waals surface area contributed by atoms with Gasteiger partial charge in [-0.2, -0.15) is 0 Å². The lowest BCUT2D eigenvalue weighted by atomic mass is 10.1. The quantitative estimate of drug-likeness (QED) is 0.409. The highest BCUT2D eigenvalue weighted by molar-refractivity contribution is 9.10. The van der Waals surface area contributed by atoms with Gasteiger partial charge in [-0.15, -0.1) is 13.2 Å². The van der Waals surface area contributed by atoms with Crippen LogP contribution >= 0.6 is 15.9 Å². The number of aromatic nitrogens is 1. The highest BCUT2D eigenvalue weighted by Gasteiger charge is 2.31. The maximum absolute atomic E-state index is 12.4. The summed E-state index contributed by atoms with van der Waals surface area (Å²) >= 11 is 3.31. The van der Waals surface area contributed by atoms with E-state index in [0.717, 1.165) is 5.56 Å². The van der Waals surface area contributed by atoms with Gasteiger partial charge in [0.2, 0.25) is 0 Å². The number of hydrogen-bond donors (Lipinski definition) is 2. The summed E-state index contributed by atoms with van der Waals surface area (Å²) in [5, 5.41) is 5.45. The van der Waals surface area contributed by atoms with E-state index in [1.165, 1.54) is 18.2 Å². The molecule has 2 N–H and O–H groups in total. The predicted octanol–water partition coefficient (Wildman–Crippen LogP) is 5.69. The Morgan fingerprint density at radius 1 is 1.06 bits per heavy atom. The summed E-state index contributed by atoms with van der Waals surface area (Å²) in [5.74, 6) is 0.276. The Morgan fingerprint density at radius 3 is 2.50 bits per heavy atom. The van der Waals surface area contributed by atoms with Gasteiger partial charge in [-0.1, -0.05) is 22.0 Å². The molecule has 10 heteroatoms. The molecule has 0 fully saturated rings. The third kappa shape index (κ3) is 7.77. The van der Waals surface area contributed by atoms with Gasteiger partial charge >= 0.3 is 12.4 Å². The van der Waals surface area contributed by atoms with Gasteiger partial charge in [-0.25, -0.2) is 4.79 Å². The number of ether oxygens (including phenoxy) is 2. The first-order valence-corrected chi connectivity index (χ1v) is 10.3. The van der Waals surface area contributed by atoms with Gasteiger partial charge < -0.3 is 20.1 Å². The zero-order valence-electron chi connectivity index (χ0n) is 16.7. The Hall–Kier alpha value is -3.27. The van der Waals surface area contributed by atoms with E-state index in [4.69, 9.17) is 4.74 Å². The van der Waals surface area contributed by atoms with Crippen molar-refractivity contribution >= 4 is 27.6 Å². The molecular weight excluding hydrogens is 491 g/mol. The van der Waals surface area contributed by atoms with Crippen molar-refractivity contribution in [1.82, 2.24) is 10.3 Å². The van der Waals surface area contributed by atoms with E-state index < -0.39 is 6.36 Å². The smallest absolute Gasteiger partial charge is 0.493 e. The molecule has 2 aromatic carbocycles. The third-order valence-electron chi connectivity index (χ3n) is 4.18. The van der Waals surface area contributed by atoms with Gasteiger partial charge in [0, 0.05) is 35.5 Å². The lowest BCUT2D eigenvalue weighted by molar-refractivity contribution is -0.274. The van der Waals surface area contributed by atoms with Crippen LogP contribution in [0.15, 0.2) is 71.5 Å². The molecule has 1 heterocycles. The van der Waals surface area contributed by atoms with Crippen molar-refractivity contribution in [2.45, 2.75) is 19.3 Å². The number of carbonyl (C=O) groups is 1. The number of amides is 2. The van der Waals surface area contributed by atoms with Crippen LogP contribution in [0.5, 0.6) is 11.5 Å². The maximum atomic E-state index is 12.4. The summed E-state index contributed by atoms with van der Waals surface area (Å²) in [6.45, 7) is 0.595. The fourth-order valence-corrected chi connectivity index (χ4v) is 3.16. The molecule has 0 unspecified atom stereocenters. The molecule has 2 amide bonds. The summed E-state index contributed by atoms with van der Waals surface area (Å²) in [7, 11) is 0. The number of benzene rings is 2. The molecule has 0 aliphatic heterocycles. The summed E-state index contributed by atoms with van der Waals surface area (Å²) in [5.41, 5.74) is 2.09. The van der Waals surface area contributed by atoms with Gasteiger partial charge in [-0.05, 0) is 59.7 Å². The van der Waals surface area contributed by atoms with E-state index in [9.17, 15) is 18.0 Å². The van der Waals surface area contributed by atoms with Crippen LogP contribution in [0.4, 0.5) is 23.7 Å². The molecule has 0 atom stereocenters. The normalized spacial score (nSPS) is 11.0. The molecule has 6 nitrogen and oxygen atoms in total. The highest BCUT2D eigenvalue weighted by Crippen LogP contribution is 2.28. The van der Waals surface area contributed by atoms with Crippen LogP contribution in [0.2, 0.25) is 0 Å². The lowest BCUT2D eigenvalue weighted by Gasteiger charge is -2.12. The number of pyridine rings is 1. The molecule has 0 saturated heterocycles. The van der Waals surface area contributed by atoms with Crippen LogP contribution in [0.1, 0.15) is 11.1 Å². The van der Waals surface area contributed by atoms with Crippen molar-refractivity contribution in [2.24, 2.45) is 0 Å². The maximum Gasteiger partial charge on any atom is 0.573 e. The van der Waals surface area contributed by atoms with E-state index in [-0.39, 0.29) is 18.4 Å². The van der Waals surface area contributed by atoms with E-state index in [2.05, 4.69) is 36.3 Å². The molecule has 0 bridgehead atoms. The van der Waals surface area contributed by atoms with Crippen molar-refractivity contribution in [3.63, 3.8) is 0 Å². The van der Waals surface area contributed by atoms with Crippen LogP contribution in [-0.2, 0) is 13.0 Å². The first-order chi connectivity index (χ1) is 15.3. The number of anilines is 1. The number of alkyl halides is 3. The second-order valence-corrected chi connectivity index (χ2v) is 7.45. The molecule has 0 radical (unpaired) electrons. The minimum absolute atomic E-state index is 0.243. The topological polar surface area (TPSA) is 72.5 Å². The van der Waals surface area contributed by atoms with Gasteiger partial charge in [0.15, 0.2) is 0 Å². The molecule has 32 heavy (non-hydrogen) atoms. The number of carbonyl (C=O) groups excluding carboxylic acids is 1. The lowest BCUT2D eigenvalue weighted by Crippen LogP contribution is -2.28. The first kappa shape index (κ1) is 23.4. The molecule has 3 rings (SSSR count).